The van der Waals surface area contributed by atoms with Gasteiger partial charge in [-0.3, -0.25) is 9.89 Å². The van der Waals surface area contributed by atoms with Crippen molar-refractivity contribution in [1.82, 2.24) is 15.5 Å². The number of hydrogen-bond acceptors (Lipinski definition) is 3. The van der Waals surface area contributed by atoms with E-state index in [1.165, 1.54) is 12.4 Å². The van der Waals surface area contributed by atoms with Crippen molar-refractivity contribution in [1.29, 1.82) is 0 Å². The van der Waals surface area contributed by atoms with E-state index in [-0.39, 0.29) is 12.5 Å². The summed E-state index contributed by atoms with van der Waals surface area (Å²) in [4.78, 5) is 11.3. The van der Waals surface area contributed by atoms with Crippen LogP contribution in [0.25, 0.3) is 0 Å². The first-order chi connectivity index (χ1) is 6.74. The molecule has 0 saturated heterocycles. The molecule has 1 aromatic heterocycles. The van der Waals surface area contributed by atoms with E-state index in [2.05, 4.69) is 15.5 Å². The van der Waals surface area contributed by atoms with E-state index in [1.54, 1.807) is 0 Å². The van der Waals surface area contributed by atoms with Crippen LogP contribution in [0.15, 0.2) is 12.4 Å². The van der Waals surface area contributed by atoms with Gasteiger partial charge in [0.15, 0.2) is 0 Å². The smallest absolute Gasteiger partial charge is 0.254 e. The maximum Gasteiger partial charge on any atom is 0.254 e. The Balaban J connectivity index is 2.28. The molecule has 5 nitrogen and oxygen atoms in total. The lowest BCUT2D eigenvalue weighted by Crippen LogP contribution is -2.31. The Labute approximate surface area is 82.5 Å². The zero-order chi connectivity index (χ0) is 10.4. The van der Waals surface area contributed by atoms with Gasteiger partial charge in [0, 0.05) is 12.7 Å². The van der Waals surface area contributed by atoms with Gasteiger partial charge in [0.25, 0.3) is 5.91 Å². The summed E-state index contributed by atoms with van der Waals surface area (Å²) >= 11 is 0. The van der Waals surface area contributed by atoms with Gasteiger partial charge >= 0.3 is 0 Å². The summed E-state index contributed by atoms with van der Waals surface area (Å²) in [5, 5.41) is 18.2. The SMILES string of the molecule is CCCC(O)CNC(=O)c1cn[nH]c1. The second kappa shape index (κ2) is 5.39. The van der Waals surface area contributed by atoms with Crippen molar-refractivity contribution in [3.8, 4) is 0 Å². The third kappa shape index (κ3) is 3.18. The van der Waals surface area contributed by atoms with E-state index in [9.17, 15) is 9.90 Å². The number of carbonyl (C=O) groups is 1. The fourth-order valence-corrected chi connectivity index (χ4v) is 1.12. The molecule has 1 heterocycles. The lowest BCUT2D eigenvalue weighted by Gasteiger charge is -2.09. The van der Waals surface area contributed by atoms with Crippen LogP contribution in [0.5, 0.6) is 0 Å². The Morgan fingerprint density at radius 1 is 1.79 bits per heavy atom. The summed E-state index contributed by atoms with van der Waals surface area (Å²) in [5.74, 6) is -0.214. The maximum absolute atomic E-state index is 11.3. The molecule has 78 valence electrons. The highest BCUT2D eigenvalue weighted by Gasteiger charge is 2.08. The first kappa shape index (κ1) is 10.7. The summed E-state index contributed by atoms with van der Waals surface area (Å²) in [7, 11) is 0. The van der Waals surface area contributed by atoms with Gasteiger partial charge in [0.1, 0.15) is 0 Å². The Kier molecular flexibility index (Phi) is 4.12. The molecule has 0 radical (unpaired) electrons. The van der Waals surface area contributed by atoms with Crippen molar-refractivity contribution in [3.05, 3.63) is 18.0 Å². The lowest BCUT2D eigenvalue weighted by atomic mass is 10.2. The number of aromatic nitrogens is 2. The summed E-state index contributed by atoms with van der Waals surface area (Å²) in [6.45, 7) is 2.28. The number of aliphatic hydroxyl groups excluding tert-OH is 1. The van der Waals surface area contributed by atoms with Crippen LogP contribution in [-0.4, -0.2) is 33.9 Å². The molecular weight excluding hydrogens is 182 g/mol. The van der Waals surface area contributed by atoms with E-state index in [4.69, 9.17) is 0 Å². The minimum atomic E-state index is -0.462. The van der Waals surface area contributed by atoms with E-state index < -0.39 is 6.10 Å². The van der Waals surface area contributed by atoms with Crippen molar-refractivity contribution in [2.75, 3.05) is 6.54 Å². The summed E-state index contributed by atoms with van der Waals surface area (Å²) < 4.78 is 0. The second-order valence-corrected chi connectivity index (χ2v) is 3.14. The topological polar surface area (TPSA) is 78.0 Å². The van der Waals surface area contributed by atoms with E-state index in [0.717, 1.165) is 6.42 Å². The van der Waals surface area contributed by atoms with Gasteiger partial charge in [-0.15, -0.1) is 0 Å². The number of hydrogen-bond donors (Lipinski definition) is 3. The molecule has 1 amide bonds. The summed E-state index contributed by atoms with van der Waals surface area (Å²) in [5.41, 5.74) is 0.480. The minimum Gasteiger partial charge on any atom is -0.391 e. The third-order valence-corrected chi connectivity index (χ3v) is 1.88. The van der Waals surface area contributed by atoms with Crippen molar-refractivity contribution in [2.24, 2.45) is 0 Å². The van der Waals surface area contributed by atoms with Gasteiger partial charge in [-0.2, -0.15) is 5.10 Å². The van der Waals surface area contributed by atoms with Crippen LogP contribution in [0.4, 0.5) is 0 Å². The van der Waals surface area contributed by atoms with Gasteiger partial charge in [0.2, 0.25) is 0 Å². The number of aromatic amines is 1. The van der Waals surface area contributed by atoms with Crippen molar-refractivity contribution < 1.29 is 9.90 Å². The highest BCUT2D eigenvalue weighted by Crippen LogP contribution is 1.96. The van der Waals surface area contributed by atoms with Crippen LogP contribution in [0, 0.1) is 0 Å². The van der Waals surface area contributed by atoms with Crippen molar-refractivity contribution in [3.63, 3.8) is 0 Å². The van der Waals surface area contributed by atoms with Gasteiger partial charge < -0.3 is 10.4 Å². The van der Waals surface area contributed by atoms with E-state index >= 15 is 0 Å². The molecule has 14 heavy (non-hydrogen) atoms. The van der Waals surface area contributed by atoms with Crippen LogP contribution in [0.1, 0.15) is 30.1 Å². The van der Waals surface area contributed by atoms with Gasteiger partial charge in [-0.25, -0.2) is 0 Å². The number of aliphatic hydroxyl groups is 1. The summed E-state index contributed by atoms with van der Waals surface area (Å²) in [6.07, 6.45) is 4.10. The Morgan fingerprint density at radius 3 is 3.14 bits per heavy atom. The Morgan fingerprint density at radius 2 is 2.57 bits per heavy atom. The van der Waals surface area contributed by atoms with Crippen LogP contribution >= 0.6 is 0 Å². The molecule has 0 aromatic carbocycles. The van der Waals surface area contributed by atoms with E-state index in [1.807, 2.05) is 6.92 Å². The lowest BCUT2D eigenvalue weighted by molar-refractivity contribution is 0.0910. The third-order valence-electron chi connectivity index (χ3n) is 1.88. The molecule has 0 aliphatic rings. The molecule has 3 N–H and O–H groups in total. The van der Waals surface area contributed by atoms with Crippen molar-refractivity contribution in [2.45, 2.75) is 25.9 Å². The average molecular weight is 197 g/mol. The zero-order valence-corrected chi connectivity index (χ0v) is 8.16. The number of nitrogens with one attached hydrogen (secondary N) is 2. The van der Waals surface area contributed by atoms with Crippen LogP contribution in [0.3, 0.4) is 0 Å². The first-order valence-corrected chi connectivity index (χ1v) is 4.69. The molecule has 1 unspecified atom stereocenters. The first-order valence-electron chi connectivity index (χ1n) is 4.69. The molecule has 0 saturated carbocycles. The molecule has 5 heteroatoms. The molecule has 1 aromatic rings. The Hall–Kier alpha value is -1.36. The zero-order valence-electron chi connectivity index (χ0n) is 8.16. The fourth-order valence-electron chi connectivity index (χ4n) is 1.12. The maximum atomic E-state index is 11.3. The molecule has 0 spiro atoms. The monoisotopic (exact) mass is 197 g/mol. The molecule has 0 aliphatic carbocycles. The quantitative estimate of drug-likeness (QED) is 0.635. The number of rotatable bonds is 5. The summed E-state index contributed by atoms with van der Waals surface area (Å²) in [6, 6.07) is 0. The molecule has 1 atom stereocenters. The predicted octanol–water partition coefficient (Wildman–Crippen LogP) is 0.300. The highest BCUT2D eigenvalue weighted by molar-refractivity contribution is 5.93. The van der Waals surface area contributed by atoms with Crippen LogP contribution in [0.2, 0.25) is 0 Å². The number of nitrogens with zero attached hydrogens (tertiary/aromatic N) is 1. The second-order valence-electron chi connectivity index (χ2n) is 3.14. The number of H-pyrrole nitrogens is 1. The Bertz CT molecular complexity index is 272. The highest BCUT2D eigenvalue weighted by atomic mass is 16.3. The minimum absolute atomic E-state index is 0.214. The normalized spacial score (nSPS) is 12.4. The average Bonchev–Trinajstić information content (AvgIpc) is 2.67. The van der Waals surface area contributed by atoms with Gasteiger partial charge in [-0.1, -0.05) is 13.3 Å². The molecule has 0 bridgehead atoms. The van der Waals surface area contributed by atoms with Crippen LogP contribution in [-0.2, 0) is 0 Å². The standard InChI is InChI=1S/C9H15N3O2/c1-2-3-8(13)6-10-9(14)7-4-11-12-5-7/h4-5,8,13H,2-3,6H2,1H3,(H,10,14)(H,11,12). The van der Waals surface area contributed by atoms with Gasteiger partial charge in [0.05, 0.1) is 17.9 Å². The largest absolute Gasteiger partial charge is 0.391 e. The van der Waals surface area contributed by atoms with Gasteiger partial charge in [-0.05, 0) is 6.42 Å². The number of carbonyl (C=O) groups excluding carboxylic acids is 1. The van der Waals surface area contributed by atoms with E-state index in [0.29, 0.717) is 12.0 Å². The molecular formula is C9H15N3O2. The molecule has 0 aliphatic heterocycles. The molecule has 0 fully saturated rings. The number of amides is 1. The predicted molar refractivity (Wildman–Crippen MR) is 51.8 cm³/mol. The van der Waals surface area contributed by atoms with Crippen molar-refractivity contribution >= 4 is 5.91 Å². The molecule has 1 rings (SSSR count). The van der Waals surface area contributed by atoms with Crippen LogP contribution < -0.4 is 5.32 Å². The fraction of sp³-hybridized carbons (Fsp3) is 0.556.